The summed E-state index contributed by atoms with van der Waals surface area (Å²) in [5.74, 6) is 0.173. The number of fused-ring (bicyclic) bond motifs is 1. The molecular formula is C22H28N5O7P. The number of nitrogens with zero attached hydrogens (tertiary/aromatic N) is 4. The molecule has 1 aromatic carbocycles. The molecule has 12 nitrogen and oxygen atoms in total. The maximum absolute atomic E-state index is 13.5. The minimum absolute atomic E-state index is 0.173. The first kappa shape index (κ1) is 24.3. The van der Waals surface area contributed by atoms with Gasteiger partial charge in [0.2, 0.25) is 0 Å². The number of hydrogen-bond acceptors (Lipinski definition) is 11. The third kappa shape index (κ3) is 4.47. The zero-order chi connectivity index (χ0) is 25.0. The molecular weight excluding hydrogens is 477 g/mol. The Morgan fingerprint density at radius 2 is 1.97 bits per heavy atom. The van der Waals surface area contributed by atoms with E-state index in [2.05, 4.69) is 15.0 Å². The van der Waals surface area contributed by atoms with E-state index in [9.17, 15) is 14.8 Å². The molecule has 2 saturated heterocycles. The molecule has 0 aliphatic carbocycles. The molecule has 2 aromatic heterocycles. The summed E-state index contributed by atoms with van der Waals surface area (Å²) in [7, 11) is -4.03. The van der Waals surface area contributed by atoms with Crippen LogP contribution < -0.4 is 5.73 Å². The van der Waals surface area contributed by atoms with Crippen LogP contribution in [0.5, 0.6) is 0 Å². The van der Waals surface area contributed by atoms with Gasteiger partial charge in [0, 0.05) is 6.42 Å². The number of phosphoric acid groups is 1. The van der Waals surface area contributed by atoms with E-state index in [0.717, 1.165) is 5.56 Å². The highest BCUT2D eigenvalue weighted by atomic mass is 31.2. The quantitative estimate of drug-likeness (QED) is 0.436. The van der Waals surface area contributed by atoms with E-state index < -0.39 is 43.6 Å². The number of aliphatic hydroxyl groups excluding tert-OH is 1. The van der Waals surface area contributed by atoms with E-state index in [4.69, 9.17) is 24.0 Å². The van der Waals surface area contributed by atoms with Crippen molar-refractivity contribution >= 4 is 24.8 Å². The number of aromatic nitrogens is 4. The standard InChI is InChI=1S/C22H28N5O7P/c1-21(2)9-14(13-7-5-4-6-8-13)33-35(30,34-21)31-10-15-17(28)22(3,29)20(32-15)27-12-26-16-18(23)24-11-25-19(16)27/h4-8,11-12,14-15,17,20,28-29H,9-10H2,1-3H3,(H2,23,24,25)/t14-,15-,17-,20-,22-,35+/m1/s1. The molecule has 0 bridgehead atoms. The minimum Gasteiger partial charge on any atom is -0.387 e. The fourth-order valence-electron chi connectivity index (χ4n) is 4.49. The van der Waals surface area contributed by atoms with Crippen molar-refractivity contribution in [2.24, 2.45) is 0 Å². The molecule has 6 atom stereocenters. The Bertz CT molecular complexity index is 1270. The van der Waals surface area contributed by atoms with Crippen LogP contribution >= 0.6 is 7.82 Å². The van der Waals surface area contributed by atoms with Crippen molar-refractivity contribution < 1.29 is 33.1 Å². The van der Waals surface area contributed by atoms with Gasteiger partial charge in [-0.05, 0) is 26.3 Å². The lowest BCUT2D eigenvalue weighted by atomic mass is 9.96. The number of imidazole rings is 1. The van der Waals surface area contributed by atoms with Crippen LogP contribution in [0.15, 0.2) is 43.0 Å². The van der Waals surface area contributed by atoms with Crippen molar-refractivity contribution in [3.05, 3.63) is 48.5 Å². The Morgan fingerprint density at radius 3 is 2.71 bits per heavy atom. The van der Waals surface area contributed by atoms with Gasteiger partial charge in [0.25, 0.3) is 0 Å². The predicted molar refractivity (Wildman–Crippen MR) is 124 cm³/mol. The summed E-state index contributed by atoms with van der Waals surface area (Å²) < 4.78 is 38.0. The van der Waals surface area contributed by atoms with Gasteiger partial charge >= 0.3 is 7.82 Å². The number of hydrogen-bond donors (Lipinski definition) is 3. The Hall–Kier alpha value is -2.44. The van der Waals surface area contributed by atoms with E-state index in [-0.39, 0.29) is 12.4 Å². The van der Waals surface area contributed by atoms with Gasteiger partial charge in [-0.25, -0.2) is 19.5 Å². The number of aliphatic hydroxyl groups is 2. The highest BCUT2D eigenvalue weighted by molar-refractivity contribution is 7.48. The van der Waals surface area contributed by atoms with Gasteiger partial charge in [0.1, 0.15) is 29.7 Å². The second kappa shape index (κ2) is 8.59. The number of rotatable bonds is 5. The van der Waals surface area contributed by atoms with Crippen LogP contribution in [-0.2, 0) is 22.9 Å². The lowest BCUT2D eigenvalue weighted by Gasteiger charge is -2.39. The van der Waals surface area contributed by atoms with E-state index in [1.54, 1.807) is 13.8 Å². The summed E-state index contributed by atoms with van der Waals surface area (Å²) in [6, 6.07) is 9.39. The number of ether oxygens (including phenoxy) is 1. The second-order valence-electron chi connectivity index (χ2n) is 9.58. The summed E-state index contributed by atoms with van der Waals surface area (Å²) >= 11 is 0. The average molecular weight is 505 g/mol. The van der Waals surface area contributed by atoms with Crippen molar-refractivity contribution in [3.63, 3.8) is 0 Å². The molecule has 2 aliphatic heterocycles. The maximum atomic E-state index is 13.5. The number of benzene rings is 1. The molecule has 0 radical (unpaired) electrons. The largest absolute Gasteiger partial charge is 0.476 e. The van der Waals surface area contributed by atoms with Gasteiger partial charge in [0.05, 0.1) is 24.6 Å². The highest BCUT2D eigenvalue weighted by Gasteiger charge is 2.55. The van der Waals surface area contributed by atoms with Gasteiger partial charge < -0.3 is 20.7 Å². The third-order valence-electron chi connectivity index (χ3n) is 6.25. The summed E-state index contributed by atoms with van der Waals surface area (Å²) in [5, 5.41) is 21.9. The van der Waals surface area contributed by atoms with E-state index in [1.807, 2.05) is 30.3 Å². The summed E-state index contributed by atoms with van der Waals surface area (Å²) in [6.07, 6.45) is -0.879. The van der Waals surface area contributed by atoms with Gasteiger partial charge in [-0.2, -0.15) is 0 Å². The molecule has 0 unspecified atom stereocenters. The fraction of sp³-hybridized carbons (Fsp3) is 0.500. The molecule has 4 N–H and O–H groups in total. The summed E-state index contributed by atoms with van der Waals surface area (Å²) in [6.45, 7) is 4.68. The molecule has 35 heavy (non-hydrogen) atoms. The molecule has 4 heterocycles. The van der Waals surface area contributed by atoms with E-state index in [0.29, 0.717) is 17.6 Å². The van der Waals surface area contributed by atoms with Crippen LogP contribution in [0.4, 0.5) is 5.82 Å². The molecule has 0 saturated carbocycles. The van der Waals surface area contributed by atoms with Gasteiger partial charge in [-0.1, -0.05) is 30.3 Å². The molecule has 5 rings (SSSR count). The summed E-state index contributed by atoms with van der Waals surface area (Å²) in [5.41, 5.74) is 4.83. The monoisotopic (exact) mass is 505 g/mol. The normalized spacial score (nSPS) is 34.9. The Labute approximate surface area is 201 Å². The topological polar surface area (TPSA) is 164 Å². The lowest BCUT2D eigenvalue weighted by molar-refractivity contribution is -0.0967. The van der Waals surface area contributed by atoms with Crippen LogP contribution in [0, 0.1) is 0 Å². The van der Waals surface area contributed by atoms with E-state index >= 15 is 0 Å². The smallest absolute Gasteiger partial charge is 0.387 e. The minimum atomic E-state index is -4.03. The molecule has 0 spiro atoms. The zero-order valence-corrected chi connectivity index (χ0v) is 20.4. The molecule has 2 fully saturated rings. The van der Waals surface area contributed by atoms with Crippen LogP contribution in [0.3, 0.4) is 0 Å². The summed E-state index contributed by atoms with van der Waals surface area (Å²) in [4.78, 5) is 12.3. The number of nitrogens with two attached hydrogens (primary N) is 1. The predicted octanol–water partition coefficient (Wildman–Crippen LogP) is 2.50. The maximum Gasteiger partial charge on any atom is 0.476 e. The molecule has 13 heteroatoms. The van der Waals surface area contributed by atoms with Gasteiger partial charge in [-0.15, -0.1) is 0 Å². The Morgan fingerprint density at radius 1 is 1.23 bits per heavy atom. The first-order valence-electron chi connectivity index (χ1n) is 11.2. The average Bonchev–Trinajstić information content (AvgIpc) is 3.31. The van der Waals surface area contributed by atoms with Gasteiger partial charge in [0.15, 0.2) is 17.7 Å². The van der Waals surface area contributed by atoms with Crippen molar-refractivity contribution in [2.75, 3.05) is 12.3 Å². The van der Waals surface area contributed by atoms with Crippen molar-refractivity contribution in [1.82, 2.24) is 19.5 Å². The number of anilines is 1. The van der Waals surface area contributed by atoms with Crippen molar-refractivity contribution in [2.45, 2.75) is 62.9 Å². The first-order valence-corrected chi connectivity index (χ1v) is 12.6. The first-order chi connectivity index (χ1) is 16.5. The SMILES string of the molecule is CC1(C)C[C@H](c2ccccc2)O[P@](=O)(OC[C@H]2O[C@@H](n3cnc4c(N)ncnc43)[C@](C)(O)[C@@H]2O)O1. The van der Waals surface area contributed by atoms with Crippen LogP contribution in [0.1, 0.15) is 45.1 Å². The van der Waals surface area contributed by atoms with Crippen LogP contribution in [0.25, 0.3) is 11.2 Å². The van der Waals surface area contributed by atoms with Crippen molar-refractivity contribution in [3.8, 4) is 0 Å². The number of nitrogen functional groups attached to an aromatic ring is 1. The Kier molecular flexibility index (Phi) is 5.96. The highest BCUT2D eigenvalue weighted by Crippen LogP contribution is 2.61. The van der Waals surface area contributed by atoms with Gasteiger partial charge in [-0.3, -0.25) is 18.1 Å². The van der Waals surface area contributed by atoms with Crippen LogP contribution in [0.2, 0.25) is 0 Å². The number of phosphoric ester groups is 1. The molecule has 188 valence electrons. The molecule has 0 amide bonds. The molecule has 3 aromatic rings. The van der Waals surface area contributed by atoms with E-state index in [1.165, 1.54) is 24.1 Å². The Balaban J connectivity index is 1.34. The fourth-order valence-corrected chi connectivity index (χ4v) is 6.16. The lowest BCUT2D eigenvalue weighted by Crippen LogP contribution is -2.44. The molecule has 2 aliphatic rings. The van der Waals surface area contributed by atoms with Crippen LogP contribution in [-0.4, -0.2) is 59.7 Å². The zero-order valence-electron chi connectivity index (χ0n) is 19.5. The van der Waals surface area contributed by atoms with Crippen molar-refractivity contribution in [1.29, 1.82) is 0 Å². The second-order valence-corrected chi connectivity index (χ2v) is 11.1. The third-order valence-corrected chi connectivity index (χ3v) is 7.95.